The van der Waals surface area contributed by atoms with Crippen LogP contribution in [0.4, 0.5) is 0 Å². The van der Waals surface area contributed by atoms with E-state index in [4.69, 9.17) is 4.42 Å². The Labute approximate surface area is 276 Å². The SMILES string of the molecule is C=NC(=NC(C)=NCc1ccc(-c2ccccc2)cc1)c1ccccc1.Cc1ccccc1-c1ccc2c(oc3ccccc32)c1C. The predicted molar refractivity (Wildman–Crippen MR) is 200 cm³/mol. The molecule has 0 saturated carbocycles. The number of furan rings is 1. The molecule has 0 saturated heterocycles. The van der Waals surface area contributed by atoms with Gasteiger partial charge in [0, 0.05) is 21.9 Å². The Balaban J connectivity index is 0.000000168. The Hall–Kier alpha value is -5.87. The highest BCUT2D eigenvalue weighted by Crippen LogP contribution is 2.36. The molecule has 230 valence electrons. The van der Waals surface area contributed by atoms with Gasteiger partial charge >= 0.3 is 0 Å². The molecule has 4 nitrogen and oxygen atoms in total. The molecular weight excluding hydrogens is 574 g/mol. The number of hydrogen-bond donors (Lipinski definition) is 0. The number of nitrogens with zero attached hydrogens (tertiary/aromatic N) is 3. The normalized spacial score (nSPS) is 11.7. The maximum Gasteiger partial charge on any atom is 0.160 e. The van der Waals surface area contributed by atoms with E-state index < -0.39 is 0 Å². The number of hydrogen-bond acceptors (Lipinski definition) is 2. The van der Waals surface area contributed by atoms with E-state index in [1.165, 1.54) is 44.2 Å². The molecule has 4 heteroatoms. The third-order valence-corrected chi connectivity index (χ3v) is 8.23. The molecule has 47 heavy (non-hydrogen) atoms. The van der Waals surface area contributed by atoms with Crippen molar-refractivity contribution in [2.45, 2.75) is 27.3 Å². The zero-order valence-electron chi connectivity index (χ0n) is 27.0. The van der Waals surface area contributed by atoms with E-state index in [2.05, 4.69) is 120 Å². The fourth-order valence-electron chi connectivity index (χ4n) is 5.70. The minimum atomic E-state index is 0.587. The van der Waals surface area contributed by atoms with Gasteiger partial charge in [-0.05, 0) is 73.0 Å². The summed E-state index contributed by atoms with van der Waals surface area (Å²) in [5.74, 6) is 1.27. The highest BCUT2D eigenvalue weighted by molar-refractivity contribution is 6.08. The van der Waals surface area contributed by atoms with Gasteiger partial charge in [0.15, 0.2) is 5.84 Å². The lowest BCUT2D eigenvalue weighted by molar-refractivity contribution is 0.666. The first-order chi connectivity index (χ1) is 23.0. The summed E-state index contributed by atoms with van der Waals surface area (Å²) in [6.07, 6.45) is 0. The van der Waals surface area contributed by atoms with Gasteiger partial charge in [-0.25, -0.2) is 9.98 Å². The molecule has 0 bridgehead atoms. The van der Waals surface area contributed by atoms with E-state index in [-0.39, 0.29) is 0 Å². The molecule has 0 spiro atoms. The monoisotopic (exact) mass is 611 g/mol. The summed E-state index contributed by atoms with van der Waals surface area (Å²) in [7, 11) is 0. The minimum absolute atomic E-state index is 0.587. The van der Waals surface area contributed by atoms with Gasteiger partial charge in [-0.2, -0.15) is 0 Å². The molecule has 0 amide bonds. The molecule has 7 aromatic rings. The first kappa shape index (κ1) is 31.1. The second-order valence-electron chi connectivity index (χ2n) is 11.4. The molecule has 0 aliphatic heterocycles. The van der Waals surface area contributed by atoms with Crippen molar-refractivity contribution in [1.82, 2.24) is 0 Å². The second-order valence-corrected chi connectivity index (χ2v) is 11.4. The van der Waals surface area contributed by atoms with Gasteiger partial charge in [0.2, 0.25) is 0 Å². The fourth-order valence-corrected chi connectivity index (χ4v) is 5.70. The molecular formula is C43H37N3O. The topological polar surface area (TPSA) is 50.2 Å². The van der Waals surface area contributed by atoms with Gasteiger partial charge in [0.05, 0.1) is 6.54 Å². The second kappa shape index (κ2) is 14.5. The summed E-state index contributed by atoms with van der Waals surface area (Å²) in [5.41, 5.74) is 11.5. The number of aliphatic imine (C=N–C) groups is 3. The van der Waals surface area contributed by atoms with Gasteiger partial charge in [-0.1, -0.05) is 133 Å². The molecule has 0 N–H and O–H groups in total. The summed E-state index contributed by atoms with van der Waals surface area (Å²) in [5, 5.41) is 2.38. The van der Waals surface area contributed by atoms with Gasteiger partial charge in [-0.3, -0.25) is 4.99 Å². The van der Waals surface area contributed by atoms with Crippen LogP contribution in [-0.4, -0.2) is 18.4 Å². The number of amidine groups is 2. The smallest absolute Gasteiger partial charge is 0.160 e. The molecule has 0 aliphatic rings. The summed E-state index contributed by atoms with van der Waals surface area (Å²) in [6, 6.07) is 49.7. The van der Waals surface area contributed by atoms with Crippen LogP contribution in [0.3, 0.4) is 0 Å². The number of rotatable bonds is 5. The van der Waals surface area contributed by atoms with Crippen LogP contribution in [0.2, 0.25) is 0 Å². The van der Waals surface area contributed by atoms with Crippen molar-refractivity contribution >= 4 is 40.3 Å². The van der Waals surface area contributed by atoms with E-state index in [1.807, 2.05) is 67.6 Å². The van der Waals surface area contributed by atoms with Crippen LogP contribution in [0.5, 0.6) is 0 Å². The average molecular weight is 612 g/mol. The van der Waals surface area contributed by atoms with Crippen LogP contribution >= 0.6 is 0 Å². The van der Waals surface area contributed by atoms with Crippen LogP contribution < -0.4 is 0 Å². The molecule has 0 aliphatic carbocycles. The lowest BCUT2D eigenvalue weighted by Crippen LogP contribution is -2.00. The minimum Gasteiger partial charge on any atom is -0.456 e. The number of aryl methyl sites for hydroxylation is 2. The molecule has 1 aromatic heterocycles. The Morgan fingerprint density at radius 3 is 1.98 bits per heavy atom. The molecule has 0 radical (unpaired) electrons. The van der Waals surface area contributed by atoms with E-state index in [0.717, 1.165) is 22.3 Å². The maximum atomic E-state index is 6.09. The standard InChI is InChI=1S/C23H21N3.C20H16O/c1-18(26-23(24-2)22-11-7-4-8-12-22)25-17-19-13-15-21(16-14-19)20-9-5-3-6-10-20;1-13-7-3-4-8-15(13)16-11-12-18-17-9-5-6-10-19(17)21-20(18)14(16)2/h3-16H,2,17H2,1H3;3-12H,1-2H3. The van der Waals surface area contributed by atoms with Gasteiger partial charge in [-0.15, -0.1) is 0 Å². The molecule has 0 fully saturated rings. The first-order valence-corrected chi connectivity index (χ1v) is 15.7. The molecule has 0 unspecified atom stereocenters. The predicted octanol–water partition coefficient (Wildman–Crippen LogP) is 11.3. The third kappa shape index (κ3) is 7.18. The Morgan fingerprint density at radius 2 is 1.26 bits per heavy atom. The lowest BCUT2D eigenvalue weighted by Gasteiger charge is -2.09. The van der Waals surface area contributed by atoms with Crippen molar-refractivity contribution in [1.29, 1.82) is 0 Å². The molecule has 0 atom stereocenters. The Morgan fingerprint density at radius 1 is 0.617 bits per heavy atom. The quantitative estimate of drug-likeness (QED) is 0.141. The van der Waals surface area contributed by atoms with Crippen LogP contribution in [0, 0.1) is 13.8 Å². The number of fused-ring (bicyclic) bond motifs is 3. The Bertz CT molecular complexity index is 2190. The lowest BCUT2D eigenvalue weighted by atomic mass is 9.95. The van der Waals surface area contributed by atoms with Gasteiger partial charge in [0.25, 0.3) is 0 Å². The largest absolute Gasteiger partial charge is 0.456 e. The Kier molecular flexibility index (Phi) is 9.59. The first-order valence-electron chi connectivity index (χ1n) is 15.7. The van der Waals surface area contributed by atoms with Crippen molar-refractivity contribution in [3.8, 4) is 22.3 Å². The maximum absolute atomic E-state index is 6.09. The number of para-hydroxylation sites is 1. The van der Waals surface area contributed by atoms with Crippen molar-refractivity contribution < 1.29 is 4.42 Å². The average Bonchev–Trinajstić information content (AvgIpc) is 3.51. The molecule has 7 rings (SSSR count). The van der Waals surface area contributed by atoms with Crippen LogP contribution in [-0.2, 0) is 6.54 Å². The highest BCUT2D eigenvalue weighted by atomic mass is 16.3. The zero-order valence-corrected chi connectivity index (χ0v) is 27.0. The van der Waals surface area contributed by atoms with Crippen LogP contribution in [0.25, 0.3) is 44.2 Å². The highest BCUT2D eigenvalue weighted by Gasteiger charge is 2.13. The summed E-state index contributed by atoms with van der Waals surface area (Å²) >= 11 is 0. The summed E-state index contributed by atoms with van der Waals surface area (Å²) in [4.78, 5) is 13.1. The fraction of sp³-hybridized carbons (Fsp3) is 0.0930. The molecule has 1 heterocycles. The van der Waals surface area contributed by atoms with E-state index >= 15 is 0 Å². The van der Waals surface area contributed by atoms with Crippen LogP contribution in [0.15, 0.2) is 165 Å². The van der Waals surface area contributed by atoms with Crippen molar-refractivity contribution in [2.75, 3.05) is 0 Å². The van der Waals surface area contributed by atoms with Gasteiger partial charge in [0.1, 0.15) is 17.0 Å². The molecule has 6 aromatic carbocycles. The van der Waals surface area contributed by atoms with E-state index in [0.29, 0.717) is 18.2 Å². The van der Waals surface area contributed by atoms with E-state index in [1.54, 1.807) is 0 Å². The zero-order chi connectivity index (χ0) is 32.6. The van der Waals surface area contributed by atoms with Crippen molar-refractivity contribution in [2.24, 2.45) is 15.0 Å². The van der Waals surface area contributed by atoms with Crippen molar-refractivity contribution in [3.63, 3.8) is 0 Å². The number of benzene rings is 6. The summed E-state index contributed by atoms with van der Waals surface area (Å²) < 4.78 is 6.09. The summed E-state index contributed by atoms with van der Waals surface area (Å²) in [6.45, 7) is 10.4. The van der Waals surface area contributed by atoms with Crippen molar-refractivity contribution in [3.05, 3.63) is 168 Å². The van der Waals surface area contributed by atoms with E-state index in [9.17, 15) is 0 Å². The van der Waals surface area contributed by atoms with Crippen LogP contribution in [0.1, 0.15) is 29.2 Å². The van der Waals surface area contributed by atoms with Gasteiger partial charge < -0.3 is 4.42 Å². The third-order valence-electron chi connectivity index (χ3n) is 8.23.